The van der Waals surface area contributed by atoms with Gasteiger partial charge in [0.05, 0.1) is 16.9 Å². The number of hydrogen-bond acceptors (Lipinski definition) is 10. The van der Waals surface area contributed by atoms with E-state index in [0.717, 1.165) is 11.3 Å². The van der Waals surface area contributed by atoms with Crippen molar-refractivity contribution in [2.75, 3.05) is 31.3 Å². The number of carbonyl (C=O) groups is 3. The molecule has 0 bridgehead atoms. The first-order chi connectivity index (χ1) is 20.8. The molecule has 2 aromatic rings. The summed E-state index contributed by atoms with van der Waals surface area (Å²) in [5.74, 6) is -1.22. The van der Waals surface area contributed by atoms with Gasteiger partial charge in [0.15, 0.2) is 0 Å². The van der Waals surface area contributed by atoms with Crippen LogP contribution in [0.2, 0.25) is 0 Å². The Morgan fingerprint density at radius 1 is 1.11 bits per heavy atom. The highest BCUT2D eigenvalue weighted by Crippen LogP contribution is 2.54. The van der Waals surface area contributed by atoms with Gasteiger partial charge in [-0.05, 0) is 64.0 Å². The third kappa shape index (κ3) is 6.31. The van der Waals surface area contributed by atoms with Crippen molar-refractivity contribution in [3.8, 4) is 5.75 Å². The van der Waals surface area contributed by atoms with Gasteiger partial charge in [-0.1, -0.05) is 41.1 Å². The van der Waals surface area contributed by atoms with Crippen LogP contribution >= 0.6 is 15.9 Å². The monoisotopic (exact) mass is 672 g/mol. The normalized spacial score (nSPS) is 19.6. The molecule has 2 aliphatic heterocycles. The second kappa shape index (κ2) is 13.0. The van der Waals surface area contributed by atoms with Crippen LogP contribution in [0.25, 0.3) is 6.08 Å². The number of benzene rings is 2. The maximum absolute atomic E-state index is 13.4. The predicted octanol–water partition coefficient (Wildman–Crippen LogP) is 5.71. The van der Waals surface area contributed by atoms with Crippen molar-refractivity contribution in [2.24, 2.45) is 5.41 Å². The molecule has 11 nitrogen and oxygen atoms in total. The summed E-state index contributed by atoms with van der Waals surface area (Å²) in [7, 11) is 0. The fourth-order valence-corrected chi connectivity index (χ4v) is 5.55. The highest BCUT2D eigenvalue weighted by atomic mass is 79.9. The van der Waals surface area contributed by atoms with Crippen LogP contribution < -0.4 is 9.64 Å². The maximum Gasteiger partial charge on any atom is 0.319 e. The molecule has 2 aliphatic rings. The number of para-hydroxylation sites is 1. The van der Waals surface area contributed by atoms with Crippen LogP contribution in [0, 0.1) is 15.5 Å². The smallest absolute Gasteiger partial charge is 0.319 e. The van der Waals surface area contributed by atoms with Crippen LogP contribution in [0.1, 0.15) is 58.6 Å². The lowest BCUT2D eigenvalue weighted by Crippen LogP contribution is -2.60. The van der Waals surface area contributed by atoms with E-state index in [1.807, 2.05) is 48.2 Å². The number of anilines is 1. The molecule has 12 heteroatoms. The molecule has 0 saturated carbocycles. The van der Waals surface area contributed by atoms with Crippen LogP contribution in [0.3, 0.4) is 0 Å². The van der Waals surface area contributed by atoms with Gasteiger partial charge in [-0.15, -0.1) is 0 Å². The van der Waals surface area contributed by atoms with Crippen LogP contribution in [-0.4, -0.2) is 59.7 Å². The number of nitro groups is 1. The molecule has 236 valence electrons. The topological polar surface area (TPSA) is 135 Å². The van der Waals surface area contributed by atoms with E-state index in [2.05, 4.69) is 29.8 Å². The first kappa shape index (κ1) is 33.0. The zero-order valence-electron chi connectivity index (χ0n) is 25.5. The summed E-state index contributed by atoms with van der Waals surface area (Å²) in [4.78, 5) is 50.0. The molecule has 44 heavy (non-hydrogen) atoms. The molecule has 0 radical (unpaired) electrons. The molecule has 0 N–H and O–H groups in total. The molecule has 2 aromatic carbocycles. The van der Waals surface area contributed by atoms with Gasteiger partial charge in [0.25, 0.3) is 5.69 Å². The number of alkyl halides is 1. The average molecular weight is 674 g/mol. The number of hydrogen-bond donors (Lipinski definition) is 0. The summed E-state index contributed by atoms with van der Waals surface area (Å²) in [6.45, 7) is 8.60. The van der Waals surface area contributed by atoms with Crippen molar-refractivity contribution in [3.05, 3.63) is 69.8 Å². The summed E-state index contributed by atoms with van der Waals surface area (Å²) >= 11 is 3.16. The van der Waals surface area contributed by atoms with Crippen molar-refractivity contribution in [3.63, 3.8) is 0 Å². The Kier molecular flexibility index (Phi) is 9.72. The number of rotatable bonds is 12. The highest BCUT2D eigenvalue weighted by molar-refractivity contribution is 9.10. The highest BCUT2D eigenvalue weighted by Gasteiger charge is 2.58. The minimum absolute atomic E-state index is 0.0367. The lowest BCUT2D eigenvalue weighted by molar-refractivity contribution is -0.384. The number of halogens is 1. The van der Waals surface area contributed by atoms with Gasteiger partial charge in [-0.2, -0.15) is 0 Å². The van der Waals surface area contributed by atoms with E-state index in [1.54, 1.807) is 13.0 Å². The minimum atomic E-state index is -1.43. The number of nitrogens with zero attached hydrogens (tertiary/aromatic N) is 2. The number of non-ortho nitro benzene ring substituents is 1. The van der Waals surface area contributed by atoms with E-state index in [0.29, 0.717) is 17.7 Å². The fraction of sp³-hybridized carbons (Fsp3) is 0.469. The Morgan fingerprint density at radius 3 is 2.50 bits per heavy atom. The molecular formula is C32H37BrN2O9. The maximum atomic E-state index is 13.4. The van der Waals surface area contributed by atoms with E-state index >= 15 is 0 Å². The minimum Gasteiger partial charge on any atom is -0.464 e. The number of esters is 3. The van der Waals surface area contributed by atoms with Gasteiger partial charge in [0.1, 0.15) is 35.8 Å². The first-order valence-electron chi connectivity index (χ1n) is 14.4. The third-order valence-corrected chi connectivity index (χ3v) is 8.40. The molecule has 0 amide bonds. The van der Waals surface area contributed by atoms with Gasteiger partial charge < -0.3 is 23.8 Å². The average Bonchev–Trinajstić information content (AvgIpc) is 3.16. The Balaban J connectivity index is 1.57. The number of ether oxygens (including phenoxy) is 4. The van der Waals surface area contributed by atoms with Crippen molar-refractivity contribution in [1.29, 1.82) is 0 Å². The van der Waals surface area contributed by atoms with Gasteiger partial charge in [0, 0.05) is 29.8 Å². The van der Waals surface area contributed by atoms with E-state index < -0.39 is 44.2 Å². The van der Waals surface area contributed by atoms with Gasteiger partial charge in [-0.3, -0.25) is 24.5 Å². The molecular weight excluding hydrogens is 636 g/mol. The van der Waals surface area contributed by atoms with Gasteiger partial charge in [-0.25, -0.2) is 0 Å². The van der Waals surface area contributed by atoms with Gasteiger partial charge in [0.2, 0.25) is 5.72 Å². The van der Waals surface area contributed by atoms with E-state index in [-0.39, 0.29) is 38.5 Å². The second-order valence-corrected chi connectivity index (χ2v) is 13.1. The Bertz CT molecular complexity index is 1470. The Hall–Kier alpha value is -3.93. The molecule has 4 rings (SSSR count). The van der Waals surface area contributed by atoms with E-state index in [1.165, 1.54) is 19.1 Å². The quantitative estimate of drug-likeness (QED) is 0.0906. The molecule has 0 aliphatic carbocycles. The SMILES string of the molecule is CCCC(=O)OCC(C)(COC(=O)C(C)Br)C(=O)OCCN1c2ccccc2C(C)(C)C12C=Cc1cc([N+](=O)[O-])ccc1O2. The summed E-state index contributed by atoms with van der Waals surface area (Å²) in [6, 6.07) is 12.3. The van der Waals surface area contributed by atoms with E-state index in [4.69, 9.17) is 18.9 Å². The second-order valence-electron chi connectivity index (χ2n) is 11.7. The summed E-state index contributed by atoms with van der Waals surface area (Å²) in [6.07, 6.45) is 4.49. The lowest BCUT2D eigenvalue weighted by atomic mass is 9.76. The zero-order chi connectivity index (χ0) is 32.3. The summed E-state index contributed by atoms with van der Waals surface area (Å²) in [5.41, 5.74) is -0.590. The molecule has 2 heterocycles. The molecule has 3 atom stereocenters. The third-order valence-electron chi connectivity index (χ3n) is 8.03. The van der Waals surface area contributed by atoms with Crippen molar-refractivity contribution < 1.29 is 38.3 Å². The molecule has 0 aromatic heterocycles. The fourth-order valence-electron chi connectivity index (χ4n) is 5.42. The Labute approximate surface area is 264 Å². The predicted molar refractivity (Wildman–Crippen MR) is 167 cm³/mol. The Morgan fingerprint density at radius 2 is 1.82 bits per heavy atom. The molecule has 3 unspecified atom stereocenters. The number of fused-ring (bicyclic) bond motifs is 2. The van der Waals surface area contributed by atoms with E-state index in [9.17, 15) is 24.5 Å². The number of nitro benzene ring substituents is 1. The standard InChI is InChI=1S/C32H37BrN2O9/c1-6-9-27(36)42-19-31(5,20-43-28(37)21(2)33)29(38)41-17-16-34-25-11-8-7-10-24(25)30(3,4)32(34)15-14-22-18-23(35(39)40)12-13-26(22)44-32/h7-8,10-15,18,21H,6,9,16-17,19-20H2,1-5H3. The molecule has 0 saturated heterocycles. The number of carbonyl (C=O) groups excluding carboxylic acids is 3. The van der Waals surface area contributed by atoms with Crippen LogP contribution in [0.15, 0.2) is 48.5 Å². The zero-order valence-corrected chi connectivity index (χ0v) is 27.0. The van der Waals surface area contributed by atoms with Gasteiger partial charge >= 0.3 is 17.9 Å². The van der Waals surface area contributed by atoms with Crippen molar-refractivity contribution in [2.45, 2.75) is 63.4 Å². The lowest BCUT2D eigenvalue weighted by Gasteiger charge is -2.47. The van der Waals surface area contributed by atoms with Crippen LogP contribution in [0.4, 0.5) is 11.4 Å². The van der Waals surface area contributed by atoms with Crippen LogP contribution in [0.5, 0.6) is 5.75 Å². The summed E-state index contributed by atoms with van der Waals surface area (Å²) < 4.78 is 23.1. The van der Waals surface area contributed by atoms with Crippen LogP contribution in [-0.2, 0) is 34.0 Å². The first-order valence-corrected chi connectivity index (χ1v) is 15.3. The largest absolute Gasteiger partial charge is 0.464 e. The van der Waals surface area contributed by atoms with Crippen molar-refractivity contribution in [1.82, 2.24) is 0 Å². The van der Waals surface area contributed by atoms with Crippen molar-refractivity contribution >= 4 is 51.3 Å². The molecule has 0 fully saturated rings. The molecule has 1 spiro atoms. The summed E-state index contributed by atoms with van der Waals surface area (Å²) in [5, 5.41) is 11.3.